The monoisotopic (exact) mass is 276 g/mol. The highest BCUT2D eigenvalue weighted by Gasteiger charge is 2.56. The van der Waals surface area contributed by atoms with Crippen molar-refractivity contribution < 1.29 is 14.1 Å². The molecular weight excluding hydrogens is 260 g/mol. The van der Waals surface area contributed by atoms with Gasteiger partial charge in [-0.1, -0.05) is 5.16 Å². The predicted molar refractivity (Wildman–Crippen MR) is 66.5 cm³/mol. The number of nitrogens with zero attached hydrogens (tertiary/aromatic N) is 3. The number of nitrogens with one attached hydrogen (secondary N) is 1. The molecule has 1 saturated heterocycles. The van der Waals surface area contributed by atoms with Crippen molar-refractivity contribution in [2.45, 2.75) is 50.6 Å². The van der Waals surface area contributed by atoms with E-state index in [0.29, 0.717) is 17.6 Å². The van der Waals surface area contributed by atoms with Crippen LogP contribution in [0, 0.1) is 5.92 Å². The summed E-state index contributed by atoms with van der Waals surface area (Å²) in [4.78, 5) is 29.9. The highest BCUT2D eigenvalue weighted by molar-refractivity contribution is 6.07. The SMILES string of the molecule is CC1(C2CC2)NC(=O)N(Cc2noc(C3CC3)n2)C1=O. The van der Waals surface area contributed by atoms with Gasteiger partial charge in [-0.15, -0.1) is 0 Å². The quantitative estimate of drug-likeness (QED) is 0.834. The van der Waals surface area contributed by atoms with Gasteiger partial charge in [-0.25, -0.2) is 4.79 Å². The standard InChI is InChI=1S/C13H16N4O3/c1-13(8-4-5-8)11(18)17(12(19)15-13)6-9-14-10(20-16-9)7-2-3-7/h7-8H,2-6H2,1H3,(H,15,19). The molecule has 7 nitrogen and oxygen atoms in total. The second-order valence-corrected chi connectivity index (χ2v) is 6.12. The molecule has 0 aromatic carbocycles. The lowest BCUT2D eigenvalue weighted by molar-refractivity contribution is -0.131. The van der Waals surface area contributed by atoms with Crippen LogP contribution in [0.1, 0.15) is 50.2 Å². The Morgan fingerprint density at radius 3 is 2.75 bits per heavy atom. The number of imide groups is 1. The van der Waals surface area contributed by atoms with Crippen LogP contribution >= 0.6 is 0 Å². The van der Waals surface area contributed by atoms with E-state index in [0.717, 1.165) is 25.7 Å². The van der Waals surface area contributed by atoms with E-state index in [1.165, 1.54) is 4.90 Å². The first kappa shape index (κ1) is 11.9. The first-order chi connectivity index (χ1) is 9.58. The molecule has 3 amide bonds. The number of carbonyl (C=O) groups is 2. The van der Waals surface area contributed by atoms with Gasteiger partial charge >= 0.3 is 6.03 Å². The molecule has 1 aromatic rings. The molecule has 0 radical (unpaired) electrons. The van der Waals surface area contributed by atoms with Crippen LogP contribution in [0.5, 0.6) is 0 Å². The summed E-state index contributed by atoms with van der Waals surface area (Å²) < 4.78 is 5.15. The molecule has 1 unspecified atom stereocenters. The van der Waals surface area contributed by atoms with E-state index in [1.807, 2.05) is 0 Å². The van der Waals surface area contributed by atoms with Crippen LogP contribution in [0.15, 0.2) is 4.52 Å². The summed E-state index contributed by atoms with van der Waals surface area (Å²) in [6.45, 7) is 1.89. The van der Waals surface area contributed by atoms with Gasteiger partial charge in [-0.2, -0.15) is 4.98 Å². The molecule has 3 aliphatic rings. The van der Waals surface area contributed by atoms with Crippen molar-refractivity contribution in [3.63, 3.8) is 0 Å². The molecular formula is C13H16N4O3. The molecule has 4 rings (SSSR count). The molecule has 1 aromatic heterocycles. The first-order valence-corrected chi connectivity index (χ1v) is 7.04. The number of rotatable bonds is 4. The van der Waals surface area contributed by atoms with Crippen molar-refractivity contribution in [1.82, 2.24) is 20.4 Å². The zero-order valence-corrected chi connectivity index (χ0v) is 11.3. The van der Waals surface area contributed by atoms with Gasteiger partial charge in [0.25, 0.3) is 5.91 Å². The Labute approximate surface area is 115 Å². The van der Waals surface area contributed by atoms with E-state index >= 15 is 0 Å². The van der Waals surface area contributed by atoms with Gasteiger partial charge in [0.1, 0.15) is 5.54 Å². The highest BCUT2D eigenvalue weighted by Crippen LogP contribution is 2.43. The Bertz CT molecular complexity index is 590. The van der Waals surface area contributed by atoms with Gasteiger partial charge in [0.15, 0.2) is 5.82 Å². The molecule has 1 atom stereocenters. The summed E-state index contributed by atoms with van der Waals surface area (Å²) in [6, 6.07) is -0.359. The van der Waals surface area contributed by atoms with Crippen LogP contribution in [0.3, 0.4) is 0 Å². The normalized spacial score (nSPS) is 29.9. The van der Waals surface area contributed by atoms with Gasteiger partial charge in [-0.05, 0) is 38.5 Å². The van der Waals surface area contributed by atoms with Crippen LogP contribution in [0.4, 0.5) is 4.79 Å². The smallest absolute Gasteiger partial charge is 0.325 e. The summed E-state index contributed by atoms with van der Waals surface area (Å²) in [7, 11) is 0. The maximum atomic E-state index is 12.4. The van der Waals surface area contributed by atoms with E-state index in [4.69, 9.17) is 4.52 Å². The maximum absolute atomic E-state index is 12.4. The number of hydrogen-bond acceptors (Lipinski definition) is 5. The summed E-state index contributed by atoms with van der Waals surface area (Å²) in [5.74, 6) is 1.47. The third kappa shape index (κ3) is 1.72. The molecule has 7 heteroatoms. The largest absolute Gasteiger partial charge is 0.339 e. The molecule has 1 aliphatic heterocycles. The summed E-state index contributed by atoms with van der Waals surface area (Å²) >= 11 is 0. The molecule has 20 heavy (non-hydrogen) atoms. The molecule has 0 spiro atoms. The first-order valence-electron chi connectivity index (χ1n) is 7.04. The predicted octanol–water partition coefficient (Wildman–Crippen LogP) is 1.17. The van der Waals surface area contributed by atoms with Crippen LogP contribution in [0.25, 0.3) is 0 Å². The Kier molecular flexibility index (Phi) is 2.26. The average Bonchev–Trinajstić information content (AvgIpc) is 3.31. The van der Waals surface area contributed by atoms with Crippen molar-refractivity contribution in [1.29, 1.82) is 0 Å². The summed E-state index contributed by atoms with van der Waals surface area (Å²) in [5, 5.41) is 6.66. The lowest BCUT2D eigenvalue weighted by Gasteiger charge is -2.20. The maximum Gasteiger partial charge on any atom is 0.325 e. The van der Waals surface area contributed by atoms with E-state index in [2.05, 4.69) is 15.5 Å². The van der Waals surface area contributed by atoms with Gasteiger partial charge in [0.2, 0.25) is 5.89 Å². The number of hydrogen-bond donors (Lipinski definition) is 1. The van der Waals surface area contributed by atoms with Crippen LogP contribution in [-0.2, 0) is 11.3 Å². The Hall–Kier alpha value is -1.92. The van der Waals surface area contributed by atoms with Crippen molar-refractivity contribution in [2.75, 3.05) is 0 Å². The van der Waals surface area contributed by atoms with E-state index in [1.54, 1.807) is 6.92 Å². The van der Waals surface area contributed by atoms with Crippen LogP contribution in [-0.4, -0.2) is 32.5 Å². The van der Waals surface area contributed by atoms with Gasteiger partial charge in [0.05, 0.1) is 6.54 Å². The lowest BCUT2D eigenvalue weighted by atomic mass is 9.96. The molecule has 2 aliphatic carbocycles. The fraction of sp³-hybridized carbons (Fsp3) is 0.692. The molecule has 106 valence electrons. The number of carbonyl (C=O) groups excluding carboxylic acids is 2. The van der Waals surface area contributed by atoms with E-state index in [-0.39, 0.29) is 24.4 Å². The molecule has 0 bridgehead atoms. The minimum atomic E-state index is -0.750. The van der Waals surface area contributed by atoms with Crippen molar-refractivity contribution in [3.8, 4) is 0 Å². The molecule has 2 saturated carbocycles. The third-order valence-electron chi connectivity index (χ3n) is 4.40. The van der Waals surface area contributed by atoms with Gasteiger partial charge in [-0.3, -0.25) is 9.69 Å². The second kappa shape index (κ2) is 3.80. The van der Waals surface area contributed by atoms with Crippen molar-refractivity contribution in [3.05, 3.63) is 11.7 Å². The summed E-state index contributed by atoms with van der Waals surface area (Å²) in [6.07, 6.45) is 4.13. The second-order valence-electron chi connectivity index (χ2n) is 6.12. The van der Waals surface area contributed by atoms with Crippen molar-refractivity contribution in [2.24, 2.45) is 5.92 Å². The lowest BCUT2D eigenvalue weighted by Crippen LogP contribution is -2.46. The fourth-order valence-corrected chi connectivity index (χ4v) is 2.77. The average molecular weight is 276 g/mol. The number of amides is 3. The zero-order valence-electron chi connectivity index (χ0n) is 11.3. The van der Waals surface area contributed by atoms with Crippen molar-refractivity contribution >= 4 is 11.9 Å². The Morgan fingerprint density at radius 1 is 1.35 bits per heavy atom. The molecule has 1 N–H and O–H groups in total. The van der Waals surface area contributed by atoms with Crippen LogP contribution < -0.4 is 5.32 Å². The Morgan fingerprint density at radius 2 is 2.10 bits per heavy atom. The van der Waals surface area contributed by atoms with Gasteiger partial charge in [0, 0.05) is 5.92 Å². The number of aromatic nitrogens is 2. The van der Waals surface area contributed by atoms with E-state index in [9.17, 15) is 9.59 Å². The minimum Gasteiger partial charge on any atom is -0.339 e. The minimum absolute atomic E-state index is 0.0865. The Balaban J connectivity index is 1.52. The third-order valence-corrected chi connectivity index (χ3v) is 4.40. The summed E-state index contributed by atoms with van der Waals surface area (Å²) in [5.41, 5.74) is -0.750. The zero-order chi connectivity index (χ0) is 13.9. The van der Waals surface area contributed by atoms with E-state index < -0.39 is 5.54 Å². The fourth-order valence-electron chi connectivity index (χ4n) is 2.77. The van der Waals surface area contributed by atoms with Gasteiger partial charge < -0.3 is 9.84 Å². The number of urea groups is 1. The molecule has 2 heterocycles. The highest BCUT2D eigenvalue weighted by atomic mass is 16.5. The van der Waals surface area contributed by atoms with Crippen LogP contribution in [0.2, 0.25) is 0 Å². The molecule has 3 fully saturated rings. The topological polar surface area (TPSA) is 88.3 Å².